The lowest BCUT2D eigenvalue weighted by Crippen LogP contribution is -2.31. The van der Waals surface area contributed by atoms with E-state index in [-0.39, 0.29) is 31.6 Å². The van der Waals surface area contributed by atoms with Crippen molar-refractivity contribution >= 4 is 46.4 Å². The number of nitrogens with zero attached hydrogens (tertiary/aromatic N) is 1. The molecule has 8 heteroatoms. The average molecular weight is 395 g/mol. The Morgan fingerprint density at radius 3 is 2.46 bits per heavy atom. The van der Waals surface area contributed by atoms with Gasteiger partial charge in [0, 0.05) is 47.4 Å². The molecule has 2 amide bonds. The molecule has 26 heavy (non-hydrogen) atoms. The standard InChI is InChI=1S/C18H16Cl2N2O4/c1-11(23)22(15-2-3-16-17(9-15)26-10-25-16)5-4-18(24)21-14-7-12(19)6-13(20)8-14/h2-3,6-9H,4-5,10H2,1H3,(H,21,24). The van der Waals surface area contributed by atoms with Gasteiger partial charge in [0.15, 0.2) is 11.5 Å². The van der Waals surface area contributed by atoms with E-state index in [9.17, 15) is 9.59 Å². The summed E-state index contributed by atoms with van der Waals surface area (Å²) < 4.78 is 10.6. The van der Waals surface area contributed by atoms with Crippen molar-refractivity contribution in [1.82, 2.24) is 0 Å². The third-order valence-corrected chi connectivity index (χ3v) is 4.19. The van der Waals surface area contributed by atoms with Gasteiger partial charge in [-0.2, -0.15) is 0 Å². The van der Waals surface area contributed by atoms with E-state index in [4.69, 9.17) is 32.7 Å². The molecule has 6 nitrogen and oxygen atoms in total. The van der Waals surface area contributed by atoms with E-state index in [1.807, 2.05) is 0 Å². The van der Waals surface area contributed by atoms with E-state index in [0.717, 1.165) is 0 Å². The second-order valence-electron chi connectivity index (χ2n) is 5.66. The minimum Gasteiger partial charge on any atom is -0.454 e. The molecule has 1 heterocycles. The van der Waals surface area contributed by atoms with Crippen LogP contribution in [-0.4, -0.2) is 25.2 Å². The van der Waals surface area contributed by atoms with Crippen LogP contribution in [0.5, 0.6) is 11.5 Å². The Hall–Kier alpha value is -2.44. The van der Waals surface area contributed by atoms with Gasteiger partial charge in [-0.15, -0.1) is 0 Å². The van der Waals surface area contributed by atoms with Crippen LogP contribution in [0, 0.1) is 0 Å². The van der Waals surface area contributed by atoms with Crippen LogP contribution in [0.4, 0.5) is 11.4 Å². The number of carbonyl (C=O) groups is 2. The molecule has 1 aliphatic rings. The van der Waals surface area contributed by atoms with Crippen molar-refractivity contribution in [2.75, 3.05) is 23.6 Å². The van der Waals surface area contributed by atoms with Gasteiger partial charge in [-0.25, -0.2) is 0 Å². The summed E-state index contributed by atoms with van der Waals surface area (Å²) in [6.07, 6.45) is 0.109. The molecule has 0 bridgehead atoms. The maximum atomic E-state index is 12.2. The number of halogens is 2. The monoisotopic (exact) mass is 394 g/mol. The predicted molar refractivity (Wildman–Crippen MR) is 100 cm³/mol. The first kappa shape index (κ1) is 18.4. The van der Waals surface area contributed by atoms with Gasteiger partial charge in [-0.1, -0.05) is 23.2 Å². The second kappa shape index (κ2) is 7.85. The molecule has 3 rings (SSSR count). The highest BCUT2D eigenvalue weighted by Gasteiger charge is 2.19. The van der Waals surface area contributed by atoms with Crippen molar-refractivity contribution in [2.24, 2.45) is 0 Å². The molecule has 0 atom stereocenters. The molecular formula is C18H16Cl2N2O4. The van der Waals surface area contributed by atoms with Crippen molar-refractivity contribution in [2.45, 2.75) is 13.3 Å². The van der Waals surface area contributed by atoms with Crippen molar-refractivity contribution in [3.8, 4) is 11.5 Å². The van der Waals surface area contributed by atoms with Crippen molar-refractivity contribution in [1.29, 1.82) is 0 Å². The average Bonchev–Trinajstić information content (AvgIpc) is 3.01. The fraction of sp³-hybridized carbons (Fsp3) is 0.222. The number of anilines is 2. The number of fused-ring (bicyclic) bond motifs is 1. The summed E-state index contributed by atoms with van der Waals surface area (Å²) in [5.41, 5.74) is 1.14. The molecule has 0 spiro atoms. The molecule has 2 aromatic carbocycles. The molecule has 0 radical (unpaired) electrons. The van der Waals surface area contributed by atoms with Crippen LogP contribution in [-0.2, 0) is 9.59 Å². The number of benzene rings is 2. The van der Waals surface area contributed by atoms with E-state index < -0.39 is 0 Å². The molecule has 0 fully saturated rings. The summed E-state index contributed by atoms with van der Waals surface area (Å²) in [6, 6.07) is 10.00. The Bertz CT molecular complexity index is 837. The summed E-state index contributed by atoms with van der Waals surface area (Å²) in [4.78, 5) is 25.7. The highest BCUT2D eigenvalue weighted by molar-refractivity contribution is 6.35. The van der Waals surface area contributed by atoms with E-state index in [0.29, 0.717) is 32.9 Å². The molecule has 0 saturated heterocycles. The number of ether oxygens (including phenoxy) is 2. The number of rotatable bonds is 5. The molecule has 136 valence electrons. The number of hydrogen-bond acceptors (Lipinski definition) is 4. The Kier molecular flexibility index (Phi) is 5.54. The molecule has 0 unspecified atom stereocenters. The van der Waals surface area contributed by atoms with Crippen LogP contribution in [0.1, 0.15) is 13.3 Å². The molecular weight excluding hydrogens is 379 g/mol. The zero-order valence-corrected chi connectivity index (χ0v) is 15.4. The largest absolute Gasteiger partial charge is 0.454 e. The first-order chi connectivity index (χ1) is 12.4. The SMILES string of the molecule is CC(=O)N(CCC(=O)Nc1cc(Cl)cc(Cl)c1)c1ccc2c(c1)OCO2. The van der Waals surface area contributed by atoms with Crippen LogP contribution >= 0.6 is 23.2 Å². The number of nitrogens with one attached hydrogen (secondary N) is 1. The zero-order valence-electron chi connectivity index (χ0n) is 13.9. The third-order valence-electron chi connectivity index (χ3n) is 3.76. The van der Waals surface area contributed by atoms with Crippen molar-refractivity contribution in [3.05, 3.63) is 46.4 Å². The Morgan fingerprint density at radius 2 is 1.77 bits per heavy atom. The molecule has 0 saturated carbocycles. The smallest absolute Gasteiger partial charge is 0.231 e. The Labute approximate surface area is 160 Å². The van der Waals surface area contributed by atoms with Crippen LogP contribution < -0.4 is 19.7 Å². The Balaban J connectivity index is 1.65. The van der Waals surface area contributed by atoms with E-state index in [2.05, 4.69) is 5.32 Å². The lowest BCUT2D eigenvalue weighted by molar-refractivity contribution is -0.117. The molecule has 2 aromatic rings. The predicted octanol–water partition coefficient (Wildman–Crippen LogP) is 4.10. The summed E-state index contributed by atoms with van der Waals surface area (Å²) in [5.74, 6) is 0.775. The fourth-order valence-corrected chi connectivity index (χ4v) is 3.11. The summed E-state index contributed by atoms with van der Waals surface area (Å²) >= 11 is 11.8. The fourth-order valence-electron chi connectivity index (χ4n) is 2.58. The second-order valence-corrected chi connectivity index (χ2v) is 6.54. The van der Waals surface area contributed by atoms with E-state index >= 15 is 0 Å². The molecule has 0 aliphatic carbocycles. The summed E-state index contributed by atoms with van der Waals surface area (Å²) in [7, 11) is 0. The van der Waals surface area contributed by atoms with Gasteiger partial charge in [-0.05, 0) is 30.3 Å². The van der Waals surface area contributed by atoms with Gasteiger partial charge < -0.3 is 19.7 Å². The quantitative estimate of drug-likeness (QED) is 0.828. The summed E-state index contributed by atoms with van der Waals surface area (Å²) in [5, 5.41) is 3.58. The van der Waals surface area contributed by atoms with Crippen LogP contribution in [0.2, 0.25) is 10.0 Å². The van der Waals surface area contributed by atoms with Crippen LogP contribution in [0.3, 0.4) is 0 Å². The van der Waals surface area contributed by atoms with Gasteiger partial charge in [0.1, 0.15) is 0 Å². The van der Waals surface area contributed by atoms with E-state index in [1.54, 1.807) is 36.4 Å². The van der Waals surface area contributed by atoms with Crippen LogP contribution in [0.15, 0.2) is 36.4 Å². The minimum absolute atomic E-state index is 0.109. The maximum Gasteiger partial charge on any atom is 0.231 e. The van der Waals surface area contributed by atoms with Gasteiger partial charge in [0.05, 0.1) is 0 Å². The Morgan fingerprint density at radius 1 is 1.08 bits per heavy atom. The number of amides is 2. The molecule has 1 N–H and O–H groups in total. The van der Waals surface area contributed by atoms with Crippen molar-refractivity contribution < 1.29 is 19.1 Å². The van der Waals surface area contributed by atoms with Gasteiger partial charge in [-0.3, -0.25) is 9.59 Å². The topological polar surface area (TPSA) is 67.9 Å². The molecule has 1 aliphatic heterocycles. The highest BCUT2D eigenvalue weighted by atomic mass is 35.5. The van der Waals surface area contributed by atoms with Gasteiger partial charge in [0.2, 0.25) is 18.6 Å². The number of hydrogen-bond donors (Lipinski definition) is 1. The van der Waals surface area contributed by atoms with Crippen molar-refractivity contribution in [3.63, 3.8) is 0 Å². The molecule has 0 aromatic heterocycles. The first-order valence-corrected chi connectivity index (χ1v) is 8.61. The lowest BCUT2D eigenvalue weighted by Gasteiger charge is -2.21. The number of carbonyl (C=O) groups excluding carboxylic acids is 2. The normalized spacial score (nSPS) is 12.0. The van der Waals surface area contributed by atoms with Gasteiger partial charge >= 0.3 is 0 Å². The van der Waals surface area contributed by atoms with Gasteiger partial charge in [0.25, 0.3) is 0 Å². The lowest BCUT2D eigenvalue weighted by atomic mass is 10.2. The zero-order chi connectivity index (χ0) is 18.7. The maximum absolute atomic E-state index is 12.2. The van der Waals surface area contributed by atoms with Crippen LogP contribution in [0.25, 0.3) is 0 Å². The third kappa shape index (κ3) is 4.39. The minimum atomic E-state index is -0.254. The first-order valence-electron chi connectivity index (χ1n) is 7.86. The highest BCUT2D eigenvalue weighted by Crippen LogP contribution is 2.35. The summed E-state index contributed by atoms with van der Waals surface area (Å²) in [6.45, 7) is 1.82. The van der Waals surface area contributed by atoms with E-state index in [1.165, 1.54) is 11.8 Å².